The molecule has 1 saturated heterocycles. The largest absolute Gasteiger partial charge is 0.351 e. The van der Waals surface area contributed by atoms with Crippen molar-refractivity contribution in [2.45, 2.75) is 26.3 Å². The van der Waals surface area contributed by atoms with Crippen molar-refractivity contribution in [3.63, 3.8) is 0 Å². The molecule has 0 bridgehead atoms. The van der Waals surface area contributed by atoms with Gasteiger partial charge in [-0.1, -0.05) is 46.3 Å². The highest BCUT2D eigenvalue weighted by atomic mass is 79.9. The van der Waals surface area contributed by atoms with E-state index >= 15 is 0 Å². The van der Waals surface area contributed by atoms with Crippen LogP contribution in [0.2, 0.25) is 0 Å². The molecule has 27 heavy (non-hydrogen) atoms. The molecule has 1 aliphatic rings. The fourth-order valence-electron chi connectivity index (χ4n) is 3.33. The molecule has 0 aromatic heterocycles. The van der Waals surface area contributed by atoms with Crippen molar-refractivity contribution < 1.29 is 9.59 Å². The van der Waals surface area contributed by atoms with E-state index in [1.165, 1.54) is 0 Å². The molecule has 0 unspecified atom stereocenters. The highest BCUT2D eigenvalue weighted by Gasteiger charge is 2.39. The molecule has 142 valence electrons. The Morgan fingerprint density at radius 3 is 2.52 bits per heavy atom. The average molecular weight is 430 g/mol. The molecular formula is C21H24BrN3O2. The summed E-state index contributed by atoms with van der Waals surface area (Å²) in [5.74, 6) is -0.00695. The maximum Gasteiger partial charge on any atom is 0.321 e. The molecule has 0 saturated carbocycles. The Balaban J connectivity index is 1.58. The van der Waals surface area contributed by atoms with Gasteiger partial charge in [0, 0.05) is 29.8 Å². The summed E-state index contributed by atoms with van der Waals surface area (Å²) >= 11 is 3.38. The van der Waals surface area contributed by atoms with Crippen LogP contribution in [-0.2, 0) is 11.3 Å². The number of nitrogens with one attached hydrogen (secondary N) is 2. The third-order valence-corrected chi connectivity index (χ3v) is 5.45. The van der Waals surface area contributed by atoms with Gasteiger partial charge in [0.25, 0.3) is 0 Å². The van der Waals surface area contributed by atoms with Gasteiger partial charge in [-0.05, 0) is 49.6 Å². The summed E-state index contributed by atoms with van der Waals surface area (Å²) in [6.45, 7) is 3.51. The van der Waals surface area contributed by atoms with Crippen LogP contribution in [0.3, 0.4) is 0 Å². The van der Waals surface area contributed by atoms with Crippen LogP contribution >= 0.6 is 15.9 Å². The molecule has 2 aromatic carbocycles. The molecule has 1 aliphatic heterocycles. The van der Waals surface area contributed by atoms with Crippen molar-refractivity contribution >= 4 is 33.6 Å². The summed E-state index contributed by atoms with van der Waals surface area (Å²) < 4.78 is 0.959. The normalized spacial score (nSPS) is 19.4. The van der Waals surface area contributed by atoms with Crippen LogP contribution in [0.15, 0.2) is 59.1 Å². The Hall–Kier alpha value is -2.34. The Kier molecular flexibility index (Phi) is 6.16. The van der Waals surface area contributed by atoms with Crippen LogP contribution in [0.4, 0.5) is 10.5 Å². The van der Waals surface area contributed by atoms with Crippen LogP contribution in [0.25, 0.3) is 0 Å². The standard InChI is InChI=1S/C21H24BrN3O2/c1-21(19(26)23-14-16-6-3-2-4-7-16)12-5-13-25(15-21)20(27)24-18-10-8-17(22)9-11-18/h2-4,6-11H,5,12-15H2,1H3,(H,23,26)(H,24,27)/t21-/m1/s1. The van der Waals surface area contributed by atoms with Gasteiger partial charge in [-0.15, -0.1) is 0 Å². The Morgan fingerprint density at radius 1 is 1.11 bits per heavy atom. The van der Waals surface area contributed by atoms with E-state index in [1.54, 1.807) is 4.90 Å². The van der Waals surface area contributed by atoms with E-state index in [2.05, 4.69) is 26.6 Å². The maximum absolute atomic E-state index is 12.8. The molecule has 1 fully saturated rings. The zero-order valence-electron chi connectivity index (χ0n) is 15.4. The quantitative estimate of drug-likeness (QED) is 0.756. The van der Waals surface area contributed by atoms with Crippen LogP contribution in [-0.4, -0.2) is 29.9 Å². The van der Waals surface area contributed by atoms with Crippen LogP contribution in [0.1, 0.15) is 25.3 Å². The van der Waals surface area contributed by atoms with E-state index < -0.39 is 5.41 Å². The Bertz CT molecular complexity index is 795. The second-order valence-electron chi connectivity index (χ2n) is 7.19. The second-order valence-corrected chi connectivity index (χ2v) is 8.11. The van der Waals surface area contributed by atoms with Crippen LogP contribution in [0.5, 0.6) is 0 Å². The van der Waals surface area contributed by atoms with Crippen LogP contribution < -0.4 is 10.6 Å². The van der Waals surface area contributed by atoms with Gasteiger partial charge < -0.3 is 15.5 Å². The highest BCUT2D eigenvalue weighted by molar-refractivity contribution is 9.10. The molecule has 0 aliphatic carbocycles. The van der Waals surface area contributed by atoms with Gasteiger partial charge in [-0.25, -0.2) is 4.79 Å². The lowest BCUT2D eigenvalue weighted by molar-refractivity contribution is -0.132. The zero-order chi connectivity index (χ0) is 19.3. The monoisotopic (exact) mass is 429 g/mol. The first-order valence-electron chi connectivity index (χ1n) is 9.10. The van der Waals surface area contributed by atoms with Gasteiger partial charge >= 0.3 is 6.03 Å². The Morgan fingerprint density at radius 2 is 1.81 bits per heavy atom. The lowest BCUT2D eigenvalue weighted by Gasteiger charge is -2.39. The number of benzene rings is 2. The first-order valence-corrected chi connectivity index (χ1v) is 9.89. The summed E-state index contributed by atoms with van der Waals surface area (Å²) in [5, 5.41) is 5.93. The second kappa shape index (κ2) is 8.57. The lowest BCUT2D eigenvalue weighted by Crippen LogP contribution is -2.52. The van der Waals surface area contributed by atoms with Gasteiger partial charge in [0.05, 0.1) is 5.41 Å². The minimum atomic E-state index is -0.579. The van der Waals surface area contributed by atoms with E-state index in [0.717, 1.165) is 28.6 Å². The molecule has 5 nitrogen and oxygen atoms in total. The van der Waals surface area contributed by atoms with Crippen molar-refractivity contribution in [2.24, 2.45) is 5.41 Å². The predicted octanol–water partition coefficient (Wildman–Crippen LogP) is 4.40. The fourth-order valence-corrected chi connectivity index (χ4v) is 3.59. The number of nitrogens with zero attached hydrogens (tertiary/aromatic N) is 1. The van der Waals surface area contributed by atoms with E-state index in [4.69, 9.17) is 0 Å². The number of piperidine rings is 1. The van der Waals surface area contributed by atoms with Crippen molar-refractivity contribution in [3.05, 3.63) is 64.6 Å². The number of hydrogen-bond acceptors (Lipinski definition) is 2. The minimum absolute atomic E-state index is 0.00695. The summed E-state index contributed by atoms with van der Waals surface area (Å²) in [5.41, 5.74) is 1.23. The minimum Gasteiger partial charge on any atom is -0.351 e. The number of halogens is 1. The Labute approximate surface area is 168 Å². The topological polar surface area (TPSA) is 61.4 Å². The summed E-state index contributed by atoms with van der Waals surface area (Å²) in [4.78, 5) is 27.1. The van der Waals surface area contributed by atoms with Gasteiger partial charge in [0.2, 0.25) is 5.91 Å². The van der Waals surface area contributed by atoms with Gasteiger partial charge in [0.1, 0.15) is 0 Å². The molecule has 2 aromatic rings. The van der Waals surface area contributed by atoms with E-state index in [0.29, 0.717) is 19.6 Å². The highest BCUT2D eigenvalue weighted by Crippen LogP contribution is 2.30. The van der Waals surface area contributed by atoms with E-state index in [9.17, 15) is 9.59 Å². The lowest BCUT2D eigenvalue weighted by atomic mass is 9.81. The molecule has 1 atom stereocenters. The average Bonchev–Trinajstić information content (AvgIpc) is 2.68. The number of urea groups is 1. The smallest absolute Gasteiger partial charge is 0.321 e. The number of likely N-dealkylation sites (tertiary alicyclic amines) is 1. The van der Waals surface area contributed by atoms with Gasteiger partial charge in [0.15, 0.2) is 0 Å². The van der Waals surface area contributed by atoms with Crippen LogP contribution in [0, 0.1) is 5.41 Å². The molecule has 3 rings (SSSR count). The number of carbonyl (C=O) groups is 2. The van der Waals surface area contributed by atoms with E-state index in [-0.39, 0.29) is 11.9 Å². The first-order chi connectivity index (χ1) is 13.0. The molecule has 2 N–H and O–H groups in total. The SMILES string of the molecule is C[C@@]1(C(=O)NCc2ccccc2)CCCN(C(=O)Nc2ccc(Br)cc2)C1. The third kappa shape index (κ3) is 5.10. The number of rotatable bonds is 4. The number of hydrogen-bond donors (Lipinski definition) is 2. The number of carbonyl (C=O) groups excluding carboxylic acids is 2. The van der Waals surface area contributed by atoms with Crippen molar-refractivity contribution in [3.8, 4) is 0 Å². The van der Waals surface area contributed by atoms with Crippen molar-refractivity contribution in [1.29, 1.82) is 0 Å². The number of amides is 3. The molecule has 0 radical (unpaired) electrons. The van der Waals surface area contributed by atoms with Gasteiger partial charge in [-0.2, -0.15) is 0 Å². The third-order valence-electron chi connectivity index (χ3n) is 4.92. The van der Waals surface area contributed by atoms with Crippen molar-refractivity contribution in [1.82, 2.24) is 10.2 Å². The fraction of sp³-hybridized carbons (Fsp3) is 0.333. The summed E-state index contributed by atoms with van der Waals surface area (Å²) in [6.07, 6.45) is 1.58. The zero-order valence-corrected chi connectivity index (χ0v) is 17.0. The maximum atomic E-state index is 12.8. The summed E-state index contributed by atoms with van der Waals surface area (Å²) in [6, 6.07) is 17.1. The molecular weight excluding hydrogens is 406 g/mol. The van der Waals surface area contributed by atoms with Gasteiger partial charge in [-0.3, -0.25) is 4.79 Å². The molecule has 6 heteroatoms. The summed E-state index contributed by atoms with van der Waals surface area (Å²) in [7, 11) is 0. The molecule has 0 spiro atoms. The van der Waals surface area contributed by atoms with E-state index in [1.807, 2.05) is 61.5 Å². The van der Waals surface area contributed by atoms with Crippen molar-refractivity contribution in [2.75, 3.05) is 18.4 Å². The molecule has 3 amide bonds. The molecule has 1 heterocycles. The first kappa shape index (κ1) is 19.4. The predicted molar refractivity (Wildman–Crippen MR) is 110 cm³/mol. The number of anilines is 1.